The van der Waals surface area contributed by atoms with Gasteiger partial charge in [0.05, 0.1) is 22.3 Å². The number of fused-ring (bicyclic) bond motifs is 1. The molecule has 1 aliphatic carbocycles. The first-order valence-corrected chi connectivity index (χ1v) is 14.4. The van der Waals surface area contributed by atoms with E-state index in [1.807, 2.05) is 19.1 Å². The third-order valence-corrected chi connectivity index (χ3v) is 9.20. The van der Waals surface area contributed by atoms with Gasteiger partial charge in [0.15, 0.2) is 5.13 Å². The largest absolute Gasteiger partial charge is 0.462 e. The number of aromatic nitrogens is 2. The van der Waals surface area contributed by atoms with Gasteiger partial charge in [-0.3, -0.25) is 9.59 Å². The number of H-pyrrole nitrogens is 1. The molecule has 2 aromatic heterocycles. The Bertz CT molecular complexity index is 1410. The van der Waals surface area contributed by atoms with Crippen LogP contribution in [0.2, 0.25) is 10.0 Å². The van der Waals surface area contributed by atoms with Crippen LogP contribution in [0.25, 0.3) is 0 Å². The number of thiazole rings is 1. The van der Waals surface area contributed by atoms with Crippen molar-refractivity contribution < 1.29 is 19.1 Å². The van der Waals surface area contributed by atoms with Crippen LogP contribution in [-0.4, -0.2) is 60.0 Å². The molecule has 0 bridgehead atoms. The lowest BCUT2D eigenvalue weighted by atomic mass is 10.1. The Morgan fingerprint density at radius 2 is 1.79 bits per heavy atom. The normalized spacial score (nSPS) is 19.5. The summed E-state index contributed by atoms with van der Waals surface area (Å²) < 4.78 is 5.30. The predicted molar refractivity (Wildman–Crippen MR) is 151 cm³/mol. The second kappa shape index (κ2) is 11.2. The monoisotopic (exact) mass is 589 g/mol. The summed E-state index contributed by atoms with van der Waals surface area (Å²) in [6.45, 7) is 7.71. The summed E-state index contributed by atoms with van der Waals surface area (Å²) in [6, 6.07) is 7.36. The van der Waals surface area contributed by atoms with Gasteiger partial charge in [0.2, 0.25) is 0 Å². The fourth-order valence-electron chi connectivity index (χ4n) is 5.03. The number of piperidine rings is 1. The highest BCUT2D eigenvalue weighted by molar-refractivity contribution is 7.17. The van der Waals surface area contributed by atoms with Crippen molar-refractivity contribution in [2.45, 2.75) is 33.2 Å². The van der Waals surface area contributed by atoms with Crippen molar-refractivity contribution in [1.82, 2.24) is 20.6 Å². The van der Waals surface area contributed by atoms with Crippen molar-refractivity contribution in [3.63, 3.8) is 0 Å². The molecule has 1 saturated heterocycles. The molecule has 1 aliphatic heterocycles. The fourth-order valence-corrected chi connectivity index (χ4v) is 6.44. The molecule has 5 rings (SSSR count). The van der Waals surface area contributed by atoms with Crippen LogP contribution in [0.5, 0.6) is 0 Å². The molecule has 3 N–H and O–H groups in total. The number of hydrogen-bond acceptors (Lipinski definition) is 7. The van der Waals surface area contributed by atoms with Crippen LogP contribution in [0, 0.1) is 18.8 Å². The van der Waals surface area contributed by atoms with Crippen molar-refractivity contribution >= 4 is 57.5 Å². The van der Waals surface area contributed by atoms with E-state index in [2.05, 4.69) is 20.5 Å². The fraction of sp³-hybridized carbons (Fsp3) is 0.407. The standard InChI is InChI=1S/C27H29Cl2N5O4S/c1-4-30-24(35)15-8-6-14(7-9-15)10-18-23(26(37)38-5-2)39-27(32-18)34-11-16-17(12-34)21(16)33-25(36)22-20(29)19(28)13(3)31-22/h6-9,16-17,21,31H,4-5,10-12H2,1-3H3,(H,30,35)(H,33,36)/t16-,17+,21?. The lowest BCUT2D eigenvalue weighted by molar-refractivity contribution is 0.0530. The predicted octanol–water partition coefficient (Wildman–Crippen LogP) is 4.47. The number of nitrogens with one attached hydrogen (secondary N) is 3. The number of anilines is 1. The highest BCUT2D eigenvalue weighted by Crippen LogP contribution is 2.48. The van der Waals surface area contributed by atoms with Gasteiger partial charge in [0.25, 0.3) is 11.8 Å². The highest BCUT2D eigenvalue weighted by atomic mass is 35.5. The van der Waals surface area contributed by atoms with Crippen LogP contribution in [0.4, 0.5) is 5.13 Å². The molecule has 3 aromatic rings. The van der Waals surface area contributed by atoms with Gasteiger partial charge in [-0.2, -0.15) is 0 Å². The second-order valence-corrected chi connectivity index (χ2v) is 11.4. The molecule has 2 amide bonds. The molecule has 12 heteroatoms. The molecule has 3 heterocycles. The third-order valence-electron chi connectivity index (χ3n) is 7.12. The molecule has 3 atom stereocenters. The van der Waals surface area contributed by atoms with Gasteiger partial charge >= 0.3 is 5.97 Å². The quantitative estimate of drug-likeness (QED) is 0.317. The summed E-state index contributed by atoms with van der Waals surface area (Å²) in [5.74, 6) is -0.190. The zero-order valence-corrected chi connectivity index (χ0v) is 24.1. The van der Waals surface area contributed by atoms with Gasteiger partial charge in [-0.15, -0.1) is 0 Å². The average Bonchev–Trinajstić information content (AvgIpc) is 3.27. The summed E-state index contributed by atoms with van der Waals surface area (Å²) in [5, 5.41) is 7.22. The SMILES string of the molecule is CCNC(=O)c1ccc(Cc2nc(N3C[C@@H]4C(NC(=O)c5[nH]c(C)c(Cl)c5Cl)[C@@H]4C3)sc2C(=O)OCC)cc1. The molecule has 9 nitrogen and oxygen atoms in total. The Kier molecular flexibility index (Phi) is 7.89. The smallest absolute Gasteiger partial charge is 0.350 e. The van der Waals surface area contributed by atoms with Crippen LogP contribution in [0.1, 0.15) is 61.3 Å². The molecule has 0 radical (unpaired) electrons. The molecule has 2 aliphatic rings. The zero-order valence-electron chi connectivity index (χ0n) is 21.8. The molecule has 1 saturated carbocycles. The van der Waals surface area contributed by atoms with E-state index in [0.29, 0.717) is 51.7 Å². The minimum Gasteiger partial charge on any atom is -0.462 e. The average molecular weight is 591 g/mol. The van der Waals surface area contributed by atoms with Gasteiger partial charge in [-0.1, -0.05) is 46.7 Å². The number of rotatable bonds is 9. The summed E-state index contributed by atoms with van der Waals surface area (Å²) in [7, 11) is 0. The van der Waals surface area contributed by atoms with E-state index in [1.54, 1.807) is 26.0 Å². The van der Waals surface area contributed by atoms with Crippen LogP contribution in [-0.2, 0) is 11.2 Å². The summed E-state index contributed by atoms with van der Waals surface area (Å²) in [4.78, 5) is 48.0. The minimum absolute atomic E-state index is 0.0552. The van der Waals surface area contributed by atoms with Crippen molar-refractivity contribution in [3.8, 4) is 0 Å². The molecular formula is C27H29Cl2N5O4S. The molecular weight excluding hydrogens is 561 g/mol. The number of hydrogen-bond donors (Lipinski definition) is 3. The lowest BCUT2D eigenvalue weighted by Crippen LogP contribution is -2.34. The van der Waals surface area contributed by atoms with Gasteiger partial charge < -0.3 is 25.3 Å². The number of ether oxygens (including phenoxy) is 1. The molecule has 2 fully saturated rings. The van der Waals surface area contributed by atoms with E-state index >= 15 is 0 Å². The Labute approximate surface area is 240 Å². The Balaban J connectivity index is 1.26. The second-order valence-electron chi connectivity index (χ2n) is 9.71. The first-order valence-electron chi connectivity index (χ1n) is 12.8. The first-order chi connectivity index (χ1) is 18.7. The summed E-state index contributed by atoms with van der Waals surface area (Å²) in [5.41, 5.74) is 3.11. The van der Waals surface area contributed by atoms with Crippen molar-refractivity contribution in [2.24, 2.45) is 11.8 Å². The summed E-state index contributed by atoms with van der Waals surface area (Å²) in [6.07, 6.45) is 0.443. The lowest BCUT2D eigenvalue weighted by Gasteiger charge is -2.19. The maximum Gasteiger partial charge on any atom is 0.350 e. The van der Waals surface area contributed by atoms with E-state index in [-0.39, 0.29) is 41.1 Å². The number of nitrogens with zero attached hydrogens (tertiary/aromatic N) is 2. The molecule has 0 spiro atoms. The Morgan fingerprint density at radius 1 is 1.10 bits per heavy atom. The summed E-state index contributed by atoms with van der Waals surface area (Å²) >= 11 is 13.6. The number of aromatic amines is 1. The maximum atomic E-state index is 12.7. The third kappa shape index (κ3) is 5.50. The van der Waals surface area contributed by atoms with E-state index in [9.17, 15) is 14.4 Å². The number of halogens is 2. The van der Waals surface area contributed by atoms with Crippen LogP contribution < -0.4 is 15.5 Å². The highest BCUT2D eigenvalue weighted by Gasteiger charge is 2.57. The Morgan fingerprint density at radius 3 is 2.38 bits per heavy atom. The van der Waals surface area contributed by atoms with Crippen LogP contribution in [0.15, 0.2) is 24.3 Å². The topological polar surface area (TPSA) is 116 Å². The van der Waals surface area contributed by atoms with Crippen molar-refractivity contribution in [2.75, 3.05) is 31.1 Å². The van der Waals surface area contributed by atoms with Gasteiger partial charge in [0, 0.05) is 55.2 Å². The Hall–Kier alpha value is -3.08. The van der Waals surface area contributed by atoms with Crippen LogP contribution >= 0.6 is 34.5 Å². The molecule has 1 aromatic carbocycles. The maximum absolute atomic E-state index is 12.7. The van der Waals surface area contributed by atoms with E-state index < -0.39 is 0 Å². The van der Waals surface area contributed by atoms with Gasteiger partial charge in [0.1, 0.15) is 10.6 Å². The zero-order chi connectivity index (χ0) is 27.8. The molecule has 39 heavy (non-hydrogen) atoms. The minimum atomic E-state index is -0.388. The number of amides is 2. The number of carbonyl (C=O) groups excluding carboxylic acids is 3. The number of aryl methyl sites for hydroxylation is 1. The van der Waals surface area contributed by atoms with Crippen molar-refractivity contribution in [3.05, 3.63) is 67.4 Å². The van der Waals surface area contributed by atoms with Crippen LogP contribution in [0.3, 0.4) is 0 Å². The molecule has 206 valence electrons. The van der Waals surface area contributed by atoms with E-state index in [4.69, 9.17) is 32.9 Å². The van der Waals surface area contributed by atoms with Crippen molar-refractivity contribution in [1.29, 1.82) is 0 Å². The first kappa shape index (κ1) is 27.5. The van der Waals surface area contributed by atoms with Gasteiger partial charge in [-0.25, -0.2) is 9.78 Å². The molecule has 1 unspecified atom stereocenters. The number of carbonyl (C=O) groups is 3. The van der Waals surface area contributed by atoms with Gasteiger partial charge in [-0.05, 0) is 38.5 Å². The van der Waals surface area contributed by atoms with E-state index in [0.717, 1.165) is 23.8 Å². The van der Waals surface area contributed by atoms with E-state index in [1.165, 1.54) is 11.3 Å². The number of benzene rings is 1. The number of esters is 1.